The highest BCUT2D eigenvalue weighted by Gasteiger charge is 2.30. The highest BCUT2D eigenvalue weighted by molar-refractivity contribution is 6.68. The third-order valence-electron chi connectivity index (χ3n) is 17.9. The summed E-state index contributed by atoms with van der Waals surface area (Å²) in [5.41, 5.74) is 6.38. The molecule has 0 spiro atoms. The molecule has 3 saturated heterocycles. The lowest BCUT2D eigenvalue weighted by Gasteiger charge is -2.34. The van der Waals surface area contributed by atoms with Crippen molar-refractivity contribution >= 4 is 69.6 Å². The predicted molar refractivity (Wildman–Crippen MR) is 433 cm³/mol. The number of ether oxygens (including phenoxy) is 13. The molecule has 3 heterocycles. The van der Waals surface area contributed by atoms with E-state index < -0.39 is 11.3 Å². The highest BCUT2D eigenvalue weighted by Crippen LogP contribution is 2.43. The van der Waals surface area contributed by atoms with Crippen molar-refractivity contribution in [3.05, 3.63) is 260 Å². The Morgan fingerprint density at radius 3 is 0.884 bits per heavy atom. The van der Waals surface area contributed by atoms with Crippen molar-refractivity contribution in [2.24, 2.45) is 0 Å². The van der Waals surface area contributed by atoms with Crippen molar-refractivity contribution in [2.75, 3.05) is 115 Å². The summed E-state index contributed by atoms with van der Waals surface area (Å²) in [7, 11) is 9.68. The molecule has 3 fully saturated rings. The summed E-state index contributed by atoms with van der Waals surface area (Å²) in [4.78, 5) is 55.5. The van der Waals surface area contributed by atoms with Gasteiger partial charge in [0.25, 0.3) is 17.1 Å². The first-order valence-electron chi connectivity index (χ1n) is 36.3. The van der Waals surface area contributed by atoms with Crippen molar-refractivity contribution in [1.29, 1.82) is 0 Å². The summed E-state index contributed by atoms with van der Waals surface area (Å²) in [6.07, 6.45) is 5.30. The molecule has 9 aromatic carbocycles. The topological polar surface area (TPSA) is 222 Å². The molecular weight excluding hydrogens is 1520 g/mol. The Labute approximate surface area is 674 Å². The molecule has 592 valence electrons. The molecule has 0 bridgehead atoms. The van der Waals surface area contributed by atoms with Gasteiger partial charge in [0.15, 0.2) is 34.5 Å². The molecule has 2 N–H and O–H groups in total. The van der Waals surface area contributed by atoms with Crippen molar-refractivity contribution < 1.29 is 80.8 Å². The molecule has 12 rings (SSSR count). The van der Waals surface area contributed by atoms with E-state index in [1.807, 2.05) is 146 Å². The van der Waals surface area contributed by atoms with Crippen LogP contribution in [0.3, 0.4) is 0 Å². The third-order valence-corrected chi connectivity index (χ3v) is 19.2. The van der Waals surface area contributed by atoms with Gasteiger partial charge in [-0.25, -0.2) is 4.79 Å². The molecule has 0 aliphatic carbocycles. The number of halogens is 4. The lowest BCUT2D eigenvalue weighted by Crippen LogP contribution is -2.50. The van der Waals surface area contributed by atoms with E-state index in [0.29, 0.717) is 74.4 Å². The molecule has 3 amide bonds. The molecular formula is C86H93Cl4N5O17. The van der Waals surface area contributed by atoms with E-state index in [4.69, 9.17) is 108 Å². The predicted octanol–water partition coefficient (Wildman–Crippen LogP) is 16.8. The van der Waals surface area contributed by atoms with E-state index in [1.54, 1.807) is 87.7 Å². The van der Waals surface area contributed by atoms with Gasteiger partial charge >= 0.3 is 6.09 Å². The average Bonchev–Trinajstić information content (AvgIpc) is 0.803. The van der Waals surface area contributed by atoms with Gasteiger partial charge in [-0.05, 0) is 180 Å². The largest absolute Gasteiger partial charge is 0.497 e. The van der Waals surface area contributed by atoms with E-state index >= 15 is 0 Å². The van der Waals surface area contributed by atoms with Crippen LogP contribution >= 0.6 is 46.4 Å². The monoisotopic (exact) mass is 1610 g/mol. The fraction of sp³-hybridized carbons (Fsp3) is 0.302. The van der Waals surface area contributed by atoms with E-state index in [0.717, 1.165) is 81.0 Å². The normalized spacial score (nSPS) is 12.9. The molecule has 0 atom stereocenters. The Morgan fingerprint density at radius 1 is 0.348 bits per heavy atom. The summed E-state index contributed by atoms with van der Waals surface area (Å²) in [6.45, 7) is 11.9. The Morgan fingerprint density at radius 2 is 0.616 bits per heavy atom. The van der Waals surface area contributed by atoms with Crippen LogP contribution in [0.5, 0.6) is 69.0 Å². The van der Waals surface area contributed by atoms with Crippen LogP contribution < -0.4 is 67.5 Å². The van der Waals surface area contributed by atoms with Gasteiger partial charge in [0, 0.05) is 52.4 Å². The van der Waals surface area contributed by atoms with E-state index in [9.17, 15) is 19.2 Å². The van der Waals surface area contributed by atoms with Gasteiger partial charge in [0.05, 0.1) is 74.4 Å². The summed E-state index contributed by atoms with van der Waals surface area (Å²) >= 11 is 25.6. The van der Waals surface area contributed by atoms with Gasteiger partial charge in [-0.15, -0.1) is 0 Å². The zero-order valence-corrected chi connectivity index (χ0v) is 66.6. The Balaban J connectivity index is 0.000000187. The van der Waals surface area contributed by atoms with Crippen molar-refractivity contribution in [2.45, 2.75) is 58.9 Å². The zero-order valence-electron chi connectivity index (χ0n) is 63.5. The standard InChI is InChI=1S/C31H33ClN2O7.C27H29ClN2O5.C23H20Cl2O5.C5H11N/c1-4-19-39-31(36)34-17-15-33(16-18-34)30(35)26-13-14-27(40-20-22-5-9-24(37-2)10-6-22)29(28(26)32)41-21-23-7-11-25(38-3)12-8-23;1-32-21-7-3-19(4-8-21)17-34-24-12-11-23(27(31)30-15-13-29-14-16-30)25(28)26(24)35-18-20-5-9-22(33-2)10-6-20;1-27-17-7-3-15(4-8-17)13-29-20-12-11-19(23(25)26)21(24)22(20)30-14-16-5-9-18(28-2)10-6-16;1-2-4-6-5-3-1/h4-14H,1,15-21H2,2-3H3;3-12,29H,13-18H2,1-2H3;3-12H,13-14H2,1-2H3;6H,1-5H2. The van der Waals surface area contributed by atoms with E-state index in [-0.39, 0.29) is 89.1 Å². The quantitative estimate of drug-likeness (QED) is 0.0328. The minimum absolute atomic E-state index is 0.107. The van der Waals surface area contributed by atoms with Gasteiger partial charge in [-0.3, -0.25) is 14.4 Å². The van der Waals surface area contributed by atoms with Crippen LogP contribution in [0.1, 0.15) is 83.7 Å². The minimum Gasteiger partial charge on any atom is -0.497 e. The van der Waals surface area contributed by atoms with Gasteiger partial charge in [-0.2, -0.15) is 0 Å². The minimum atomic E-state index is -0.670. The molecule has 0 unspecified atom stereocenters. The maximum Gasteiger partial charge on any atom is 0.410 e. The van der Waals surface area contributed by atoms with Gasteiger partial charge in [0.2, 0.25) is 0 Å². The van der Waals surface area contributed by atoms with Gasteiger partial charge < -0.3 is 86.9 Å². The fourth-order valence-corrected chi connectivity index (χ4v) is 12.5. The molecule has 26 heteroatoms. The lowest BCUT2D eigenvalue weighted by molar-refractivity contribution is 0.0580. The average molecular weight is 1610 g/mol. The number of nitrogens with zero attached hydrogens (tertiary/aromatic N) is 3. The van der Waals surface area contributed by atoms with Gasteiger partial charge in [-0.1, -0.05) is 127 Å². The summed E-state index contributed by atoms with van der Waals surface area (Å²) in [6, 6.07) is 55.0. The number of hydrogen-bond acceptors (Lipinski definition) is 19. The number of carbonyl (C=O) groups is 4. The number of piperidine rings is 1. The van der Waals surface area contributed by atoms with Crippen LogP contribution in [-0.4, -0.2) is 153 Å². The van der Waals surface area contributed by atoms with E-state index in [1.165, 1.54) is 44.5 Å². The number of benzene rings is 9. The van der Waals surface area contributed by atoms with E-state index in [2.05, 4.69) is 17.2 Å². The number of carbonyl (C=O) groups excluding carboxylic acids is 4. The maximum absolute atomic E-state index is 13.5. The molecule has 0 aromatic heterocycles. The number of rotatable bonds is 29. The Hall–Kier alpha value is -10.7. The first-order chi connectivity index (χ1) is 54.5. The summed E-state index contributed by atoms with van der Waals surface area (Å²) in [5, 5.41) is 6.38. The SMILES string of the molecule is C1CCNCC1.C=CCOC(=O)N1CCN(C(=O)c2ccc(OCc3ccc(OC)cc3)c(OCc3ccc(OC)cc3)c2Cl)CC1.COc1ccc(COc2ccc(C(=O)Cl)c(Cl)c2OCc2ccc(OC)cc2)cc1.COc1ccc(COc2ccc(C(=O)N3CCNCC3)c(Cl)c2OCc2ccc(OC)cc2)cc1. The van der Waals surface area contributed by atoms with Crippen molar-refractivity contribution in [3.63, 3.8) is 0 Å². The third kappa shape index (κ3) is 25.4. The fourth-order valence-electron chi connectivity index (χ4n) is 11.4. The number of piperazine rings is 2. The molecule has 0 radical (unpaired) electrons. The molecule has 22 nitrogen and oxygen atoms in total. The summed E-state index contributed by atoms with van der Waals surface area (Å²) in [5.74, 6) is 6.30. The molecule has 3 aliphatic heterocycles. The molecule has 112 heavy (non-hydrogen) atoms. The second-order valence-corrected chi connectivity index (χ2v) is 26.8. The van der Waals surface area contributed by atoms with Crippen molar-refractivity contribution in [3.8, 4) is 69.0 Å². The lowest BCUT2D eigenvalue weighted by atomic mass is 10.1. The number of nitrogens with one attached hydrogen (secondary N) is 2. The van der Waals surface area contributed by atoms with Crippen LogP contribution in [0.4, 0.5) is 4.79 Å². The van der Waals surface area contributed by atoms with Gasteiger partial charge in [0.1, 0.15) is 80.7 Å². The smallest absolute Gasteiger partial charge is 0.410 e. The first-order valence-corrected chi connectivity index (χ1v) is 37.8. The Kier molecular flexibility index (Phi) is 34.2. The zero-order chi connectivity index (χ0) is 79.6. The van der Waals surface area contributed by atoms with Crippen LogP contribution in [0.15, 0.2) is 195 Å². The Bertz CT molecular complexity index is 4460. The molecule has 0 saturated carbocycles. The van der Waals surface area contributed by atoms with Crippen molar-refractivity contribution in [1.82, 2.24) is 25.3 Å². The summed E-state index contributed by atoms with van der Waals surface area (Å²) < 4.78 is 72.6. The molecule has 3 aliphatic rings. The maximum atomic E-state index is 13.5. The van der Waals surface area contributed by atoms with Crippen LogP contribution in [0, 0.1) is 0 Å². The van der Waals surface area contributed by atoms with Crippen LogP contribution in [0.25, 0.3) is 0 Å². The number of methoxy groups -OCH3 is 6. The van der Waals surface area contributed by atoms with Crippen LogP contribution in [-0.2, 0) is 44.4 Å². The second kappa shape index (κ2) is 45.0. The van der Waals surface area contributed by atoms with Crippen LogP contribution in [0.2, 0.25) is 15.1 Å². The first kappa shape index (κ1) is 85.3. The number of amides is 3. The molecule has 9 aromatic rings. The highest BCUT2D eigenvalue weighted by atomic mass is 35.5. The number of hydrogen-bond donors (Lipinski definition) is 2. The second-order valence-electron chi connectivity index (χ2n) is 25.4.